The molecule has 0 spiro atoms. The van der Waals surface area contributed by atoms with Gasteiger partial charge in [0.1, 0.15) is 17.5 Å². The van der Waals surface area contributed by atoms with E-state index in [-0.39, 0.29) is 24.1 Å². The minimum atomic E-state index is -0.993. The number of nitrogens with two attached hydrogens (primary N) is 1. The van der Waals surface area contributed by atoms with Crippen LogP contribution in [0, 0.1) is 11.6 Å². The average molecular weight is 489 g/mol. The van der Waals surface area contributed by atoms with Crippen LogP contribution in [-0.2, 0) is 11.2 Å². The number of carbonyl (C=O) groups is 1. The Morgan fingerprint density at radius 3 is 2.61 bits per heavy atom. The third-order valence-corrected chi connectivity index (χ3v) is 5.60. The molecule has 2 heterocycles. The number of nitrogens with zero attached hydrogens (tertiary/aromatic N) is 2. The van der Waals surface area contributed by atoms with Gasteiger partial charge < -0.3 is 25.3 Å². The van der Waals surface area contributed by atoms with Crippen LogP contribution in [-0.4, -0.2) is 27.6 Å². The predicted octanol–water partition coefficient (Wildman–Crippen LogP) is 4.65. The fourth-order valence-corrected chi connectivity index (χ4v) is 3.82. The van der Waals surface area contributed by atoms with Crippen LogP contribution < -0.4 is 15.8 Å². The molecule has 0 fully saturated rings. The molecule has 1 amide bonds. The number of rotatable bonds is 8. The summed E-state index contributed by atoms with van der Waals surface area (Å²) in [6, 6.07) is 17.3. The zero-order chi connectivity index (χ0) is 25.1. The van der Waals surface area contributed by atoms with Crippen molar-refractivity contribution in [1.29, 1.82) is 0 Å². The summed E-state index contributed by atoms with van der Waals surface area (Å²) < 4.78 is 37.6. The van der Waals surface area contributed by atoms with Crippen molar-refractivity contribution in [2.24, 2.45) is 5.73 Å². The van der Waals surface area contributed by atoms with Crippen LogP contribution in [0.15, 0.2) is 77.4 Å². The summed E-state index contributed by atoms with van der Waals surface area (Å²) in [5, 5.41) is 7.93. The average Bonchev–Trinajstić information content (AvgIpc) is 3.54. The molecule has 10 heteroatoms. The van der Waals surface area contributed by atoms with Crippen LogP contribution in [0.1, 0.15) is 17.5 Å². The molecule has 0 unspecified atom stereocenters. The Morgan fingerprint density at radius 2 is 1.83 bits per heavy atom. The Morgan fingerprint density at radius 1 is 1.06 bits per heavy atom. The molecular formula is C26H21F2N5O3. The molecule has 3 aromatic carbocycles. The molecule has 0 saturated carbocycles. The highest BCUT2D eigenvalue weighted by Gasteiger charge is 2.23. The van der Waals surface area contributed by atoms with Crippen LogP contribution in [0.5, 0.6) is 11.5 Å². The maximum atomic E-state index is 13.4. The Labute approximate surface area is 204 Å². The van der Waals surface area contributed by atoms with Gasteiger partial charge in [-0.25, -0.2) is 8.78 Å². The van der Waals surface area contributed by atoms with Gasteiger partial charge in [-0.1, -0.05) is 23.4 Å². The number of aromatic amines is 1. The van der Waals surface area contributed by atoms with Gasteiger partial charge in [-0.3, -0.25) is 4.79 Å². The monoisotopic (exact) mass is 489 g/mol. The molecule has 36 heavy (non-hydrogen) atoms. The van der Waals surface area contributed by atoms with Gasteiger partial charge in [-0.15, -0.1) is 0 Å². The van der Waals surface area contributed by atoms with E-state index >= 15 is 0 Å². The zero-order valence-electron chi connectivity index (χ0n) is 18.9. The number of aromatic nitrogens is 3. The summed E-state index contributed by atoms with van der Waals surface area (Å²) in [5.41, 5.74) is 8.10. The quantitative estimate of drug-likeness (QED) is 0.292. The number of benzene rings is 3. The predicted molar refractivity (Wildman–Crippen MR) is 128 cm³/mol. The minimum absolute atomic E-state index is 0.166. The van der Waals surface area contributed by atoms with Crippen LogP contribution in [0.2, 0.25) is 0 Å². The number of ether oxygens (including phenoxy) is 1. The molecule has 8 nitrogen and oxygen atoms in total. The number of fused-ring (bicyclic) bond motifs is 1. The fourth-order valence-electron chi connectivity index (χ4n) is 3.82. The van der Waals surface area contributed by atoms with E-state index in [1.807, 2.05) is 30.5 Å². The molecule has 0 bridgehead atoms. The standard InChI is InChI=1S/C26H21F2N5O3/c27-20-10-9-18(12-21(20)28)35-17-7-5-15(6-8-17)25-32-26(36-33-25)23(31-24(34)13-29)11-16-14-30-22-4-2-1-3-19(16)22/h1-10,12,14,23,30H,11,13,29H2,(H,31,34)/t23-/m0/s1. The molecule has 5 aromatic rings. The van der Waals surface area contributed by atoms with Gasteiger partial charge in [0.2, 0.25) is 17.6 Å². The number of para-hydroxylation sites is 1. The highest BCUT2D eigenvalue weighted by molar-refractivity contribution is 5.83. The first kappa shape index (κ1) is 23.2. The van der Waals surface area contributed by atoms with Gasteiger partial charge in [-0.05, 0) is 48.0 Å². The number of carbonyl (C=O) groups excluding carboxylic acids is 1. The van der Waals surface area contributed by atoms with Crippen molar-refractivity contribution in [3.05, 3.63) is 96.0 Å². The maximum Gasteiger partial charge on any atom is 0.249 e. The third-order valence-electron chi connectivity index (χ3n) is 5.60. The summed E-state index contributed by atoms with van der Waals surface area (Å²) in [7, 11) is 0. The second kappa shape index (κ2) is 9.96. The summed E-state index contributed by atoms with van der Waals surface area (Å²) in [6.07, 6.45) is 2.30. The van der Waals surface area contributed by atoms with E-state index in [9.17, 15) is 13.6 Å². The Bertz CT molecular complexity index is 1510. The summed E-state index contributed by atoms with van der Waals surface area (Å²) >= 11 is 0. The zero-order valence-corrected chi connectivity index (χ0v) is 18.9. The fraction of sp³-hybridized carbons (Fsp3) is 0.115. The van der Waals surface area contributed by atoms with Crippen LogP contribution in [0.25, 0.3) is 22.3 Å². The Balaban J connectivity index is 1.35. The van der Waals surface area contributed by atoms with Crippen molar-refractivity contribution >= 4 is 16.8 Å². The van der Waals surface area contributed by atoms with E-state index < -0.39 is 17.7 Å². The maximum absolute atomic E-state index is 13.4. The largest absolute Gasteiger partial charge is 0.457 e. The molecule has 2 aromatic heterocycles. The lowest BCUT2D eigenvalue weighted by Crippen LogP contribution is -2.34. The third kappa shape index (κ3) is 4.93. The lowest BCUT2D eigenvalue weighted by molar-refractivity contribution is -0.120. The first-order valence-corrected chi connectivity index (χ1v) is 11.1. The molecule has 5 rings (SSSR count). The van der Waals surface area contributed by atoms with Crippen LogP contribution >= 0.6 is 0 Å². The molecule has 182 valence electrons. The topological polar surface area (TPSA) is 119 Å². The van der Waals surface area contributed by atoms with Crippen molar-refractivity contribution in [3.8, 4) is 22.9 Å². The number of nitrogens with one attached hydrogen (secondary N) is 2. The van der Waals surface area contributed by atoms with E-state index in [0.29, 0.717) is 23.6 Å². The van der Waals surface area contributed by atoms with Crippen LogP contribution in [0.3, 0.4) is 0 Å². The molecule has 0 aliphatic rings. The van der Waals surface area contributed by atoms with E-state index in [0.717, 1.165) is 28.6 Å². The van der Waals surface area contributed by atoms with Gasteiger partial charge in [0.25, 0.3) is 0 Å². The minimum Gasteiger partial charge on any atom is -0.457 e. The Kier molecular flexibility index (Phi) is 6.42. The number of hydrogen-bond acceptors (Lipinski definition) is 6. The highest BCUT2D eigenvalue weighted by atomic mass is 19.2. The van der Waals surface area contributed by atoms with Crippen LogP contribution in [0.4, 0.5) is 8.78 Å². The first-order valence-electron chi connectivity index (χ1n) is 11.1. The van der Waals surface area contributed by atoms with E-state index in [1.54, 1.807) is 24.3 Å². The van der Waals surface area contributed by atoms with E-state index in [1.165, 1.54) is 6.07 Å². The van der Waals surface area contributed by atoms with E-state index in [2.05, 4.69) is 20.4 Å². The van der Waals surface area contributed by atoms with Gasteiger partial charge in [-0.2, -0.15) is 4.98 Å². The van der Waals surface area contributed by atoms with Crippen molar-refractivity contribution in [3.63, 3.8) is 0 Å². The second-order valence-electron chi connectivity index (χ2n) is 8.05. The molecule has 4 N–H and O–H groups in total. The second-order valence-corrected chi connectivity index (χ2v) is 8.05. The van der Waals surface area contributed by atoms with Crippen molar-refractivity contribution in [2.45, 2.75) is 12.5 Å². The van der Waals surface area contributed by atoms with Gasteiger partial charge >= 0.3 is 0 Å². The smallest absolute Gasteiger partial charge is 0.249 e. The van der Waals surface area contributed by atoms with Gasteiger partial charge in [0, 0.05) is 35.2 Å². The molecule has 0 saturated heterocycles. The lowest BCUT2D eigenvalue weighted by Gasteiger charge is -2.14. The molecule has 0 aliphatic carbocycles. The molecule has 1 atom stereocenters. The Hall–Kier alpha value is -4.57. The number of halogens is 2. The summed E-state index contributed by atoms with van der Waals surface area (Å²) in [6.45, 7) is -0.176. The molecule has 0 radical (unpaired) electrons. The number of amides is 1. The van der Waals surface area contributed by atoms with Crippen molar-refractivity contribution in [1.82, 2.24) is 20.4 Å². The number of hydrogen-bond donors (Lipinski definition) is 3. The summed E-state index contributed by atoms with van der Waals surface area (Å²) in [5.74, 6) is -1.16. The van der Waals surface area contributed by atoms with Crippen molar-refractivity contribution in [2.75, 3.05) is 6.54 Å². The number of H-pyrrole nitrogens is 1. The molecular weight excluding hydrogens is 468 g/mol. The highest BCUT2D eigenvalue weighted by Crippen LogP contribution is 2.28. The van der Waals surface area contributed by atoms with Crippen molar-refractivity contribution < 1.29 is 22.8 Å². The first-order chi connectivity index (χ1) is 17.5. The van der Waals surface area contributed by atoms with E-state index in [4.69, 9.17) is 15.0 Å². The lowest BCUT2D eigenvalue weighted by atomic mass is 10.0. The SMILES string of the molecule is NCC(=O)N[C@@H](Cc1c[nH]c2ccccc12)c1nc(-c2ccc(Oc3ccc(F)c(F)c3)cc2)no1. The normalized spacial score (nSPS) is 12.0. The summed E-state index contributed by atoms with van der Waals surface area (Å²) in [4.78, 5) is 19.8. The molecule has 0 aliphatic heterocycles. The van der Waals surface area contributed by atoms with Gasteiger partial charge in [0.15, 0.2) is 11.6 Å². The van der Waals surface area contributed by atoms with Gasteiger partial charge in [0.05, 0.1) is 6.54 Å².